The number of fused-ring (bicyclic) bond motifs is 1. The molecule has 1 atom stereocenters. The SMILES string of the molecule is NCc1cn(C2CCN(C(=O)c3cc4ccc(F)cc4[nH]c3=O)C2)nn1. The second-order valence-corrected chi connectivity index (χ2v) is 6.33. The number of nitrogens with one attached hydrogen (secondary N) is 1. The van der Waals surface area contributed by atoms with Crippen molar-refractivity contribution in [2.45, 2.75) is 19.0 Å². The zero-order chi connectivity index (χ0) is 18.3. The number of likely N-dealkylation sites (tertiary alicyclic amines) is 1. The Labute approximate surface area is 147 Å². The Morgan fingerprint density at radius 2 is 2.23 bits per heavy atom. The number of hydrogen-bond donors (Lipinski definition) is 2. The van der Waals surface area contributed by atoms with Gasteiger partial charge in [0.2, 0.25) is 0 Å². The molecule has 3 aromatic rings. The first-order valence-corrected chi connectivity index (χ1v) is 8.28. The highest BCUT2D eigenvalue weighted by atomic mass is 19.1. The molecule has 1 unspecified atom stereocenters. The quantitative estimate of drug-likeness (QED) is 0.721. The first kappa shape index (κ1) is 16.4. The van der Waals surface area contributed by atoms with Gasteiger partial charge in [-0.25, -0.2) is 9.07 Å². The maximum atomic E-state index is 13.3. The van der Waals surface area contributed by atoms with E-state index >= 15 is 0 Å². The highest BCUT2D eigenvalue weighted by Gasteiger charge is 2.30. The topological polar surface area (TPSA) is 110 Å². The van der Waals surface area contributed by atoms with Gasteiger partial charge < -0.3 is 15.6 Å². The largest absolute Gasteiger partial charge is 0.336 e. The van der Waals surface area contributed by atoms with Gasteiger partial charge in [0.15, 0.2) is 0 Å². The number of hydrogen-bond acceptors (Lipinski definition) is 5. The van der Waals surface area contributed by atoms with E-state index in [0.29, 0.717) is 36.2 Å². The minimum absolute atomic E-state index is 0.000355. The predicted octanol–water partition coefficient (Wildman–Crippen LogP) is 0.805. The van der Waals surface area contributed by atoms with E-state index in [4.69, 9.17) is 5.73 Å². The smallest absolute Gasteiger partial charge is 0.261 e. The Balaban J connectivity index is 1.58. The normalized spacial score (nSPS) is 17.2. The average Bonchev–Trinajstić information content (AvgIpc) is 3.29. The zero-order valence-corrected chi connectivity index (χ0v) is 13.9. The van der Waals surface area contributed by atoms with Crippen molar-refractivity contribution in [2.24, 2.45) is 5.73 Å². The molecule has 8 nitrogen and oxygen atoms in total. The van der Waals surface area contributed by atoms with Crippen molar-refractivity contribution in [3.63, 3.8) is 0 Å². The van der Waals surface area contributed by atoms with E-state index in [1.165, 1.54) is 24.3 Å². The van der Waals surface area contributed by atoms with E-state index in [1.54, 1.807) is 15.8 Å². The molecule has 0 bridgehead atoms. The molecule has 3 heterocycles. The number of aromatic amines is 1. The molecule has 134 valence electrons. The maximum Gasteiger partial charge on any atom is 0.261 e. The number of amides is 1. The molecule has 1 aliphatic rings. The van der Waals surface area contributed by atoms with Crippen molar-refractivity contribution < 1.29 is 9.18 Å². The molecule has 0 radical (unpaired) electrons. The third-order valence-corrected chi connectivity index (χ3v) is 4.63. The summed E-state index contributed by atoms with van der Waals surface area (Å²) in [4.78, 5) is 29.2. The summed E-state index contributed by atoms with van der Waals surface area (Å²) in [6.45, 7) is 1.26. The van der Waals surface area contributed by atoms with Crippen LogP contribution in [-0.2, 0) is 6.54 Å². The lowest BCUT2D eigenvalue weighted by molar-refractivity contribution is 0.0785. The molecule has 3 N–H and O–H groups in total. The van der Waals surface area contributed by atoms with Crippen molar-refractivity contribution in [3.05, 3.63) is 57.9 Å². The molecule has 1 saturated heterocycles. The van der Waals surface area contributed by atoms with Crippen LogP contribution in [0.4, 0.5) is 4.39 Å². The first-order chi connectivity index (χ1) is 12.5. The summed E-state index contributed by atoms with van der Waals surface area (Å²) in [6.07, 6.45) is 2.49. The van der Waals surface area contributed by atoms with E-state index in [9.17, 15) is 14.0 Å². The summed E-state index contributed by atoms with van der Waals surface area (Å²) < 4.78 is 15.0. The van der Waals surface area contributed by atoms with E-state index in [0.717, 1.165) is 6.42 Å². The Morgan fingerprint density at radius 3 is 3.00 bits per heavy atom. The fourth-order valence-electron chi connectivity index (χ4n) is 3.23. The summed E-state index contributed by atoms with van der Waals surface area (Å²) in [5, 5.41) is 8.61. The zero-order valence-electron chi connectivity index (χ0n) is 13.9. The van der Waals surface area contributed by atoms with Gasteiger partial charge in [-0.2, -0.15) is 0 Å². The van der Waals surface area contributed by atoms with Crippen LogP contribution in [0.25, 0.3) is 10.9 Å². The highest BCUT2D eigenvalue weighted by Crippen LogP contribution is 2.22. The van der Waals surface area contributed by atoms with Crippen molar-refractivity contribution in [2.75, 3.05) is 13.1 Å². The van der Waals surface area contributed by atoms with Gasteiger partial charge in [-0.15, -0.1) is 5.10 Å². The molecule has 1 amide bonds. The monoisotopic (exact) mass is 356 g/mol. The number of nitrogens with zero attached hydrogens (tertiary/aromatic N) is 4. The Morgan fingerprint density at radius 1 is 1.38 bits per heavy atom. The lowest BCUT2D eigenvalue weighted by Crippen LogP contribution is -2.33. The van der Waals surface area contributed by atoms with E-state index in [-0.39, 0.29) is 17.5 Å². The minimum Gasteiger partial charge on any atom is -0.336 e. The molecule has 1 fully saturated rings. The number of nitrogens with two attached hydrogens (primary N) is 1. The van der Waals surface area contributed by atoms with Gasteiger partial charge in [0.05, 0.1) is 23.4 Å². The summed E-state index contributed by atoms with van der Waals surface area (Å²) in [6, 6.07) is 5.57. The van der Waals surface area contributed by atoms with Gasteiger partial charge in [0.1, 0.15) is 11.4 Å². The van der Waals surface area contributed by atoms with E-state index in [1.807, 2.05) is 0 Å². The van der Waals surface area contributed by atoms with Crippen LogP contribution in [0, 0.1) is 5.82 Å². The van der Waals surface area contributed by atoms with Crippen molar-refractivity contribution in [1.29, 1.82) is 0 Å². The number of pyridine rings is 1. The molecule has 1 aliphatic heterocycles. The minimum atomic E-state index is -0.525. The van der Waals surface area contributed by atoms with Gasteiger partial charge in [-0.3, -0.25) is 9.59 Å². The van der Waals surface area contributed by atoms with Gasteiger partial charge in [-0.05, 0) is 36.1 Å². The first-order valence-electron chi connectivity index (χ1n) is 8.28. The van der Waals surface area contributed by atoms with Crippen LogP contribution in [0.2, 0.25) is 0 Å². The standard InChI is InChI=1S/C17H17FN6O2/c18-11-2-1-10-5-14(16(25)20-15(10)6-11)17(26)23-4-3-13(9-23)24-8-12(7-19)21-22-24/h1-2,5-6,8,13H,3-4,7,9,19H2,(H,20,25). The highest BCUT2D eigenvalue weighted by molar-refractivity contribution is 5.97. The second-order valence-electron chi connectivity index (χ2n) is 6.33. The van der Waals surface area contributed by atoms with Crippen molar-refractivity contribution in [1.82, 2.24) is 24.9 Å². The van der Waals surface area contributed by atoms with Gasteiger partial charge in [-0.1, -0.05) is 5.21 Å². The van der Waals surface area contributed by atoms with Crippen LogP contribution in [-0.4, -0.2) is 43.9 Å². The lowest BCUT2D eigenvalue weighted by atomic mass is 10.1. The number of aromatic nitrogens is 4. The Bertz CT molecular complexity index is 1040. The van der Waals surface area contributed by atoms with Crippen LogP contribution < -0.4 is 11.3 Å². The van der Waals surface area contributed by atoms with Crippen LogP contribution in [0.3, 0.4) is 0 Å². The van der Waals surface area contributed by atoms with Crippen LogP contribution in [0.1, 0.15) is 28.5 Å². The second kappa shape index (κ2) is 6.34. The summed E-state index contributed by atoms with van der Waals surface area (Å²) in [5.74, 6) is -0.793. The molecule has 0 aliphatic carbocycles. The third kappa shape index (κ3) is 2.86. The molecular formula is C17H17FN6O2. The Kier molecular flexibility index (Phi) is 4.00. The fraction of sp³-hybridized carbons (Fsp3) is 0.294. The number of carbonyl (C=O) groups is 1. The van der Waals surface area contributed by atoms with Gasteiger partial charge in [0, 0.05) is 19.6 Å². The molecule has 9 heteroatoms. The average molecular weight is 356 g/mol. The summed E-state index contributed by atoms with van der Waals surface area (Å²) in [5.41, 5.74) is 6.12. The third-order valence-electron chi connectivity index (χ3n) is 4.63. The van der Waals surface area contributed by atoms with Crippen LogP contribution in [0.15, 0.2) is 35.3 Å². The predicted molar refractivity (Wildman–Crippen MR) is 92.0 cm³/mol. The van der Waals surface area contributed by atoms with E-state index < -0.39 is 11.4 Å². The molecule has 0 spiro atoms. The summed E-state index contributed by atoms with van der Waals surface area (Å²) in [7, 11) is 0. The Hall–Kier alpha value is -3.07. The van der Waals surface area contributed by atoms with Crippen molar-refractivity contribution in [3.8, 4) is 0 Å². The van der Waals surface area contributed by atoms with Gasteiger partial charge >= 0.3 is 0 Å². The number of rotatable bonds is 3. The summed E-state index contributed by atoms with van der Waals surface area (Å²) >= 11 is 0. The van der Waals surface area contributed by atoms with Crippen LogP contribution in [0.5, 0.6) is 0 Å². The molecule has 0 saturated carbocycles. The van der Waals surface area contributed by atoms with Crippen molar-refractivity contribution >= 4 is 16.8 Å². The number of halogens is 1. The number of carbonyl (C=O) groups excluding carboxylic acids is 1. The molecule has 26 heavy (non-hydrogen) atoms. The fourth-order valence-corrected chi connectivity index (χ4v) is 3.23. The molecule has 2 aromatic heterocycles. The molecule has 4 rings (SSSR count). The number of benzene rings is 1. The van der Waals surface area contributed by atoms with Gasteiger partial charge in [0.25, 0.3) is 11.5 Å². The number of H-pyrrole nitrogens is 1. The maximum absolute atomic E-state index is 13.3. The lowest BCUT2D eigenvalue weighted by Gasteiger charge is -2.16. The van der Waals surface area contributed by atoms with Crippen LogP contribution >= 0.6 is 0 Å². The van der Waals surface area contributed by atoms with E-state index in [2.05, 4.69) is 15.3 Å². The molecule has 1 aromatic carbocycles. The molecular weight excluding hydrogens is 339 g/mol.